The molecule has 0 unspecified atom stereocenters. The average Bonchev–Trinajstić information content (AvgIpc) is 2.61. The van der Waals surface area contributed by atoms with E-state index < -0.39 is 34.8 Å². The van der Waals surface area contributed by atoms with Crippen molar-refractivity contribution in [2.75, 3.05) is 18.0 Å². The molecule has 6 nitrogen and oxygen atoms in total. The first-order valence-electron chi connectivity index (χ1n) is 8.93. The molecule has 2 rings (SSSR count). The van der Waals surface area contributed by atoms with E-state index in [9.17, 15) is 22.4 Å². The third-order valence-electron chi connectivity index (χ3n) is 3.59. The molecule has 10 heteroatoms. The number of halogens is 4. The number of carbonyl (C=O) groups is 1. The Balaban J connectivity index is 0.000000346. The minimum atomic E-state index is -0.992. The lowest BCUT2D eigenvalue weighted by molar-refractivity contribution is -0.153. The molecule has 30 heavy (non-hydrogen) atoms. The molecule has 2 aromatic rings. The first kappa shape index (κ1) is 25.2. The predicted molar refractivity (Wildman–Crippen MR) is 107 cm³/mol. The lowest BCUT2D eigenvalue weighted by Crippen LogP contribution is -2.31. The van der Waals surface area contributed by atoms with Crippen molar-refractivity contribution in [2.24, 2.45) is 5.73 Å². The summed E-state index contributed by atoms with van der Waals surface area (Å²) < 4.78 is 55.8. The molecular weight excluding hydrogens is 404 g/mol. The van der Waals surface area contributed by atoms with E-state index in [4.69, 9.17) is 21.9 Å². The van der Waals surface area contributed by atoms with Gasteiger partial charge in [0, 0.05) is 36.6 Å². The molecule has 0 atom stereocenters. The van der Waals surface area contributed by atoms with Crippen molar-refractivity contribution >= 4 is 17.3 Å². The highest BCUT2D eigenvalue weighted by atomic mass is 19.2. The number of ether oxygens (including phenoxy) is 1. The number of hydrogen-bond acceptors (Lipinski definition) is 6. The highest BCUT2D eigenvalue weighted by molar-refractivity contribution is 5.72. The zero-order valence-electron chi connectivity index (χ0n) is 17.0. The summed E-state index contributed by atoms with van der Waals surface area (Å²) in [5.41, 5.74) is 16.6. The minimum Gasteiger partial charge on any atom is -0.459 e. The Morgan fingerprint density at radius 2 is 1.33 bits per heavy atom. The van der Waals surface area contributed by atoms with Gasteiger partial charge in [-0.3, -0.25) is 4.79 Å². The second-order valence-electron chi connectivity index (χ2n) is 7.32. The highest BCUT2D eigenvalue weighted by Crippen LogP contribution is 2.17. The van der Waals surface area contributed by atoms with Gasteiger partial charge in [-0.2, -0.15) is 0 Å². The molecule has 0 saturated heterocycles. The maximum atomic E-state index is 13.0. The zero-order chi connectivity index (χ0) is 23.1. The minimum absolute atomic E-state index is 0.0320. The fourth-order valence-electron chi connectivity index (χ4n) is 2.21. The van der Waals surface area contributed by atoms with Gasteiger partial charge in [0.05, 0.1) is 6.54 Å². The van der Waals surface area contributed by atoms with Crippen molar-refractivity contribution in [3.8, 4) is 0 Å². The van der Waals surface area contributed by atoms with Crippen LogP contribution in [0.25, 0.3) is 0 Å². The van der Waals surface area contributed by atoms with E-state index in [-0.39, 0.29) is 31.0 Å². The van der Waals surface area contributed by atoms with Crippen LogP contribution in [-0.4, -0.2) is 18.1 Å². The van der Waals surface area contributed by atoms with Crippen molar-refractivity contribution in [2.45, 2.75) is 39.5 Å². The monoisotopic (exact) mass is 430 g/mol. The van der Waals surface area contributed by atoms with Crippen molar-refractivity contribution in [1.29, 1.82) is 0 Å². The number of carbonyl (C=O) groups excluding carboxylic acids is 1. The molecule has 0 bridgehead atoms. The maximum absolute atomic E-state index is 13.0. The van der Waals surface area contributed by atoms with Crippen LogP contribution in [0.3, 0.4) is 0 Å². The first-order chi connectivity index (χ1) is 13.8. The lowest BCUT2D eigenvalue weighted by atomic mass is 10.1. The molecule has 0 heterocycles. The van der Waals surface area contributed by atoms with Gasteiger partial charge in [0.25, 0.3) is 0 Å². The molecule has 0 aromatic heterocycles. The van der Waals surface area contributed by atoms with Crippen LogP contribution >= 0.6 is 0 Å². The van der Waals surface area contributed by atoms with Crippen molar-refractivity contribution in [3.63, 3.8) is 0 Å². The van der Waals surface area contributed by atoms with Gasteiger partial charge in [-0.25, -0.2) is 17.6 Å². The topological polar surface area (TPSA) is 116 Å². The third kappa shape index (κ3) is 8.26. The van der Waals surface area contributed by atoms with Crippen LogP contribution in [0.2, 0.25) is 0 Å². The van der Waals surface area contributed by atoms with Gasteiger partial charge in [-0.15, -0.1) is 0 Å². The Bertz CT molecular complexity index is 886. The normalized spacial score (nSPS) is 10.9. The van der Waals surface area contributed by atoms with E-state index in [1.807, 2.05) is 0 Å². The molecule has 0 amide bonds. The van der Waals surface area contributed by atoms with Crippen LogP contribution in [0.5, 0.6) is 0 Å². The number of nitrogens with one attached hydrogen (secondary N) is 1. The number of nitrogen functional groups attached to an aromatic ring is 2. The fourth-order valence-corrected chi connectivity index (χ4v) is 2.21. The van der Waals surface area contributed by atoms with Crippen LogP contribution in [0, 0.1) is 23.3 Å². The molecule has 0 spiro atoms. The van der Waals surface area contributed by atoms with E-state index in [1.165, 1.54) is 0 Å². The number of anilines is 2. The van der Waals surface area contributed by atoms with Gasteiger partial charge < -0.3 is 27.3 Å². The quantitative estimate of drug-likeness (QED) is 0.329. The Hall–Kier alpha value is -2.85. The maximum Gasteiger partial charge on any atom is 0.320 e. The number of rotatable bonds is 5. The van der Waals surface area contributed by atoms with Crippen LogP contribution in [-0.2, 0) is 22.6 Å². The number of esters is 1. The van der Waals surface area contributed by atoms with Crippen molar-refractivity contribution < 1.29 is 27.1 Å². The third-order valence-corrected chi connectivity index (χ3v) is 3.59. The molecule has 7 N–H and O–H groups in total. The fraction of sp³-hybridized carbons (Fsp3) is 0.350. The van der Waals surface area contributed by atoms with E-state index in [0.717, 1.165) is 24.3 Å². The highest BCUT2D eigenvalue weighted by Gasteiger charge is 2.16. The van der Waals surface area contributed by atoms with Gasteiger partial charge >= 0.3 is 5.97 Å². The van der Waals surface area contributed by atoms with Gasteiger partial charge in [0.2, 0.25) is 0 Å². The molecule has 2 aromatic carbocycles. The molecule has 0 fully saturated rings. The second-order valence-corrected chi connectivity index (χ2v) is 7.32. The molecule has 0 aliphatic rings. The van der Waals surface area contributed by atoms with E-state index in [0.29, 0.717) is 11.1 Å². The average molecular weight is 430 g/mol. The Morgan fingerprint density at radius 1 is 0.900 bits per heavy atom. The number of hydrogen-bond donors (Lipinski definition) is 4. The van der Waals surface area contributed by atoms with Crippen molar-refractivity contribution in [3.05, 3.63) is 58.7 Å². The smallest absolute Gasteiger partial charge is 0.320 e. The molecule has 0 aliphatic carbocycles. The molecule has 0 radical (unpaired) electrons. The molecule has 0 saturated carbocycles. The Labute approximate surface area is 172 Å². The summed E-state index contributed by atoms with van der Waals surface area (Å²) in [5, 5.41) is 2.77. The Kier molecular flexibility index (Phi) is 9.06. The van der Waals surface area contributed by atoms with Gasteiger partial charge in [-0.1, -0.05) is 0 Å². The lowest BCUT2D eigenvalue weighted by Gasteiger charge is -2.19. The largest absolute Gasteiger partial charge is 0.459 e. The first-order valence-corrected chi connectivity index (χ1v) is 8.93. The predicted octanol–water partition coefficient (Wildman–Crippen LogP) is 2.98. The van der Waals surface area contributed by atoms with Crippen LogP contribution < -0.4 is 22.5 Å². The van der Waals surface area contributed by atoms with Crippen LogP contribution in [0.1, 0.15) is 31.9 Å². The van der Waals surface area contributed by atoms with Gasteiger partial charge in [0.1, 0.15) is 5.60 Å². The summed E-state index contributed by atoms with van der Waals surface area (Å²) in [4.78, 5) is 11.4. The summed E-state index contributed by atoms with van der Waals surface area (Å²) in [6.45, 7) is 5.52. The standard InChI is InChI=1S/C13H18F2N2O2.C7H8F2N2/c1-13(2,3)19-12(18)7-17-6-8-4-9(14)10(15)5-11(8)16;8-5-1-4(3-10)7(11)2-6(5)9/h4-5,17H,6-7,16H2,1-3H3;1-2H,3,10-11H2. The second kappa shape index (κ2) is 10.8. The molecular formula is C20H26F4N4O2. The number of benzene rings is 2. The summed E-state index contributed by atoms with van der Waals surface area (Å²) >= 11 is 0. The summed E-state index contributed by atoms with van der Waals surface area (Å²) in [6.07, 6.45) is 0. The van der Waals surface area contributed by atoms with E-state index in [2.05, 4.69) is 5.32 Å². The van der Waals surface area contributed by atoms with Crippen LogP contribution in [0.15, 0.2) is 24.3 Å². The number of nitrogens with two attached hydrogens (primary N) is 3. The summed E-state index contributed by atoms with van der Waals surface area (Å²) in [5.74, 6) is -4.25. The summed E-state index contributed by atoms with van der Waals surface area (Å²) in [7, 11) is 0. The van der Waals surface area contributed by atoms with Crippen LogP contribution in [0.4, 0.5) is 28.9 Å². The molecule has 0 aliphatic heterocycles. The van der Waals surface area contributed by atoms with E-state index in [1.54, 1.807) is 20.8 Å². The van der Waals surface area contributed by atoms with Crippen molar-refractivity contribution in [1.82, 2.24) is 5.32 Å². The van der Waals surface area contributed by atoms with Gasteiger partial charge in [0.15, 0.2) is 23.3 Å². The van der Waals surface area contributed by atoms with E-state index >= 15 is 0 Å². The summed E-state index contributed by atoms with van der Waals surface area (Å²) in [6, 6.07) is 3.86. The van der Waals surface area contributed by atoms with Gasteiger partial charge in [-0.05, 0) is 44.0 Å². The Morgan fingerprint density at radius 3 is 1.80 bits per heavy atom. The zero-order valence-corrected chi connectivity index (χ0v) is 17.0. The SMILES string of the molecule is CC(C)(C)OC(=O)CNCc1cc(F)c(F)cc1N.NCc1cc(F)c(F)cc1N. The molecule has 166 valence electrons.